The number of carbonyl (C=O) groups excluding carboxylic acids is 1. The van der Waals surface area contributed by atoms with Crippen LogP contribution in [0.15, 0.2) is 39.4 Å². The average Bonchev–Trinajstić information content (AvgIpc) is 2.81. The molecule has 0 fully saturated rings. The molecule has 1 N–H and O–H groups in total. The van der Waals surface area contributed by atoms with Gasteiger partial charge in [-0.2, -0.15) is 0 Å². The summed E-state index contributed by atoms with van der Waals surface area (Å²) in [6.07, 6.45) is 1.49. The van der Waals surface area contributed by atoms with Crippen LogP contribution in [0.2, 0.25) is 10.0 Å². The van der Waals surface area contributed by atoms with E-state index in [0.29, 0.717) is 21.5 Å². The molecule has 1 heterocycles. The third-order valence-electron chi connectivity index (χ3n) is 2.57. The molecule has 0 spiro atoms. The number of ether oxygens (including phenoxy) is 1. The molecule has 0 bridgehead atoms. The highest BCUT2D eigenvalue weighted by Crippen LogP contribution is 2.28. The monoisotopic (exact) mass is 391 g/mol. The van der Waals surface area contributed by atoms with Crippen molar-refractivity contribution in [1.29, 1.82) is 0 Å². The predicted octanol–water partition coefficient (Wildman–Crippen LogP) is 5.07. The van der Waals surface area contributed by atoms with Crippen LogP contribution in [-0.2, 0) is 9.53 Å². The first-order valence-electron chi connectivity index (χ1n) is 6.12. The van der Waals surface area contributed by atoms with Crippen LogP contribution in [0.5, 0.6) is 0 Å². The molecule has 0 amide bonds. The molecule has 0 aliphatic heterocycles. The summed E-state index contributed by atoms with van der Waals surface area (Å²) in [5, 5.41) is 3.95. The number of hydrogen-bond donors (Lipinski definition) is 1. The highest BCUT2D eigenvalue weighted by atomic mass is 79.9. The van der Waals surface area contributed by atoms with Crippen molar-refractivity contribution < 1.29 is 13.9 Å². The van der Waals surface area contributed by atoms with Gasteiger partial charge < -0.3 is 14.5 Å². The van der Waals surface area contributed by atoms with Crippen LogP contribution in [0.25, 0.3) is 0 Å². The third-order valence-corrected chi connectivity index (χ3v) is 3.42. The van der Waals surface area contributed by atoms with Gasteiger partial charge in [-0.15, -0.1) is 0 Å². The number of anilines is 1. The van der Waals surface area contributed by atoms with Crippen LogP contribution in [-0.4, -0.2) is 12.6 Å². The van der Waals surface area contributed by atoms with Crippen LogP contribution in [0.3, 0.4) is 0 Å². The molecule has 112 valence electrons. The standard InChI is InChI=1S/C14H12BrCl2NO3/c1-2-20-14(19)13(12-3-8(15)7-21-12)18-11-5-9(16)4-10(17)6-11/h3-7,13,18H,2H2,1H3. The molecule has 0 aliphatic carbocycles. The molecule has 1 aromatic heterocycles. The van der Waals surface area contributed by atoms with E-state index in [2.05, 4.69) is 21.2 Å². The van der Waals surface area contributed by atoms with E-state index >= 15 is 0 Å². The largest absolute Gasteiger partial charge is 0.465 e. The van der Waals surface area contributed by atoms with Crippen molar-refractivity contribution in [2.75, 3.05) is 11.9 Å². The maximum absolute atomic E-state index is 12.1. The molecule has 0 aliphatic rings. The van der Waals surface area contributed by atoms with Gasteiger partial charge >= 0.3 is 5.97 Å². The third kappa shape index (κ3) is 4.40. The zero-order valence-electron chi connectivity index (χ0n) is 11.0. The van der Waals surface area contributed by atoms with E-state index in [1.165, 1.54) is 6.26 Å². The Labute approximate surface area is 140 Å². The van der Waals surface area contributed by atoms with E-state index in [1.807, 2.05) is 0 Å². The Balaban J connectivity index is 2.29. The molecule has 4 nitrogen and oxygen atoms in total. The Hall–Kier alpha value is -1.17. The zero-order chi connectivity index (χ0) is 15.4. The lowest BCUT2D eigenvalue weighted by Gasteiger charge is -2.16. The van der Waals surface area contributed by atoms with Crippen molar-refractivity contribution >= 4 is 50.8 Å². The van der Waals surface area contributed by atoms with Gasteiger partial charge in [-0.05, 0) is 47.1 Å². The van der Waals surface area contributed by atoms with E-state index in [0.717, 1.165) is 4.47 Å². The fourth-order valence-electron chi connectivity index (χ4n) is 1.76. The molecule has 0 saturated carbocycles. The molecular weight excluding hydrogens is 381 g/mol. The van der Waals surface area contributed by atoms with Crippen LogP contribution >= 0.6 is 39.1 Å². The van der Waals surface area contributed by atoms with Crippen molar-refractivity contribution in [3.05, 3.63) is 50.8 Å². The number of esters is 1. The van der Waals surface area contributed by atoms with Crippen molar-refractivity contribution in [3.8, 4) is 0 Å². The Morgan fingerprint density at radius 1 is 1.33 bits per heavy atom. The molecule has 1 aromatic carbocycles. The fraction of sp³-hybridized carbons (Fsp3) is 0.214. The minimum Gasteiger partial charge on any atom is -0.465 e. The maximum Gasteiger partial charge on any atom is 0.336 e. The van der Waals surface area contributed by atoms with Gasteiger partial charge in [-0.1, -0.05) is 23.2 Å². The van der Waals surface area contributed by atoms with Gasteiger partial charge in [-0.25, -0.2) is 4.79 Å². The maximum atomic E-state index is 12.1. The summed E-state index contributed by atoms with van der Waals surface area (Å²) in [5.74, 6) is -0.0214. The second-order valence-electron chi connectivity index (χ2n) is 4.15. The van der Waals surface area contributed by atoms with Crippen LogP contribution in [0.4, 0.5) is 5.69 Å². The topological polar surface area (TPSA) is 51.5 Å². The van der Waals surface area contributed by atoms with E-state index < -0.39 is 12.0 Å². The van der Waals surface area contributed by atoms with Gasteiger partial charge in [-0.3, -0.25) is 0 Å². The predicted molar refractivity (Wildman–Crippen MR) is 85.9 cm³/mol. The summed E-state index contributed by atoms with van der Waals surface area (Å²) in [5.41, 5.74) is 0.595. The number of carbonyl (C=O) groups is 1. The molecule has 7 heteroatoms. The average molecular weight is 393 g/mol. The number of furan rings is 1. The van der Waals surface area contributed by atoms with Gasteiger partial charge in [0.05, 0.1) is 11.1 Å². The van der Waals surface area contributed by atoms with E-state index in [1.54, 1.807) is 31.2 Å². The fourth-order valence-corrected chi connectivity index (χ4v) is 2.60. The second-order valence-corrected chi connectivity index (χ2v) is 5.94. The lowest BCUT2D eigenvalue weighted by molar-refractivity contribution is -0.144. The van der Waals surface area contributed by atoms with Crippen molar-refractivity contribution in [2.45, 2.75) is 13.0 Å². The lowest BCUT2D eigenvalue weighted by atomic mass is 10.2. The first kappa shape index (κ1) is 16.2. The number of rotatable bonds is 5. The van der Waals surface area contributed by atoms with E-state index in [-0.39, 0.29) is 6.61 Å². The normalized spacial score (nSPS) is 12.0. The zero-order valence-corrected chi connectivity index (χ0v) is 14.1. The lowest BCUT2D eigenvalue weighted by Crippen LogP contribution is -2.23. The van der Waals surface area contributed by atoms with Crippen LogP contribution in [0, 0.1) is 0 Å². The first-order valence-corrected chi connectivity index (χ1v) is 7.67. The number of benzene rings is 1. The number of halogens is 3. The summed E-state index contributed by atoms with van der Waals surface area (Å²) in [4.78, 5) is 12.1. The van der Waals surface area contributed by atoms with E-state index in [9.17, 15) is 4.79 Å². The smallest absolute Gasteiger partial charge is 0.336 e. The number of hydrogen-bond acceptors (Lipinski definition) is 4. The molecule has 0 saturated heterocycles. The Morgan fingerprint density at radius 3 is 2.52 bits per heavy atom. The van der Waals surface area contributed by atoms with Crippen LogP contribution in [0.1, 0.15) is 18.7 Å². The first-order chi connectivity index (χ1) is 9.99. The molecule has 2 aromatic rings. The SMILES string of the molecule is CCOC(=O)C(Nc1cc(Cl)cc(Cl)c1)c1cc(Br)co1. The highest BCUT2D eigenvalue weighted by Gasteiger charge is 2.25. The molecule has 21 heavy (non-hydrogen) atoms. The minimum atomic E-state index is -0.786. The molecular formula is C14H12BrCl2NO3. The van der Waals surface area contributed by atoms with Crippen molar-refractivity contribution in [3.63, 3.8) is 0 Å². The Kier molecular flexibility index (Phi) is 5.56. The second kappa shape index (κ2) is 7.20. The van der Waals surface area contributed by atoms with Gasteiger partial charge in [0.2, 0.25) is 0 Å². The summed E-state index contributed by atoms with van der Waals surface area (Å²) in [6, 6.07) is 5.85. The van der Waals surface area contributed by atoms with Crippen molar-refractivity contribution in [2.24, 2.45) is 0 Å². The summed E-state index contributed by atoms with van der Waals surface area (Å²) < 4.78 is 11.1. The summed E-state index contributed by atoms with van der Waals surface area (Å²) >= 11 is 15.2. The Morgan fingerprint density at radius 2 is 2.00 bits per heavy atom. The van der Waals surface area contributed by atoms with E-state index in [4.69, 9.17) is 32.4 Å². The van der Waals surface area contributed by atoms with Gasteiger partial charge in [0.15, 0.2) is 6.04 Å². The van der Waals surface area contributed by atoms with Gasteiger partial charge in [0.1, 0.15) is 12.0 Å². The molecule has 1 unspecified atom stereocenters. The van der Waals surface area contributed by atoms with Crippen molar-refractivity contribution in [1.82, 2.24) is 0 Å². The highest BCUT2D eigenvalue weighted by molar-refractivity contribution is 9.10. The molecule has 1 atom stereocenters. The summed E-state index contributed by atoms with van der Waals surface area (Å²) in [7, 11) is 0. The molecule has 2 rings (SSSR count). The van der Waals surface area contributed by atoms with Crippen LogP contribution < -0.4 is 5.32 Å². The molecule has 0 radical (unpaired) electrons. The van der Waals surface area contributed by atoms with Gasteiger partial charge in [0, 0.05) is 15.7 Å². The Bertz CT molecular complexity index is 625. The number of nitrogens with one attached hydrogen (secondary N) is 1. The quantitative estimate of drug-likeness (QED) is 0.722. The van der Waals surface area contributed by atoms with Gasteiger partial charge in [0.25, 0.3) is 0 Å². The summed E-state index contributed by atoms with van der Waals surface area (Å²) in [6.45, 7) is 2.01. The minimum absolute atomic E-state index is 0.273.